The molecule has 2 fully saturated rings. The van der Waals surface area contributed by atoms with Gasteiger partial charge < -0.3 is 9.47 Å². The molecular weight excluding hydrogens is 340 g/mol. The van der Waals surface area contributed by atoms with Gasteiger partial charge in [-0.05, 0) is 31.0 Å². The number of methoxy groups -OCH3 is 2. The number of imide groups is 2. The molecule has 3 rings (SSSR count). The Bertz CT molecular complexity index is 769. The van der Waals surface area contributed by atoms with Gasteiger partial charge in [0.1, 0.15) is 0 Å². The summed E-state index contributed by atoms with van der Waals surface area (Å²) in [5.74, 6) is -1.44. The maximum atomic E-state index is 12.5. The van der Waals surface area contributed by atoms with E-state index in [0.29, 0.717) is 24.3 Å². The van der Waals surface area contributed by atoms with Crippen molar-refractivity contribution in [1.29, 1.82) is 0 Å². The third-order valence-electron chi connectivity index (χ3n) is 4.78. The van der Waals surface area contributed by atoms with E-state index >= 15 is 0 Å². The Hall–Kier alpha value is -2.90. The van der Waals surface area contributed by atoms with Crippen molar-refractivity contribution >= 4 is 23.6 Å². The van der Waals surface area contributed by atoms with Crippen LogP contribution in [0.3, 0.4) is 0 Å². The average molecular weight is 360 g/mol. The minimum absolute atomic E-state index is 0.250. The van der Waals surface area contributed by atoms with Gasteiger partial charge in [-0.3, -0.25) is 19.3 Å². The number of amides is 4. The third kappa shape index (κ3) is 3.02. The van der Waals surface area contributed by atoms with E-state index in [9.17, 15) is 19.2 Å². The number of rotatable bonds is 6. The normalized spacial score (nSPS) is 18.0. The van der Waals surface area contributed by atoms with Crippen LogP contribution in [0.25, 0.3) is 0 Å². The zero-order valence-corrected chi connectivity index (χ0v) is 14.7. The highest BCUT2D eigenvalue weighted by molar-refractivity contribution is 6.45. The van der Waals surface area contributed by atoms with Crippen LogP contribution in [0.1, 0.15) is 36.0 Å². The number of carbonyl (C=O) groups is 4. The second kappa shape index (κ2) is 7.15. The molecule has 1 aromatic rings. The molecule has 8 nitrogen and oxygen atoms in total. The quantitative estimate of drug-likeness (QED) is 0.435. The first kappa shape index (κ1) is 17.9. The van der Waals surface area contributed by atoms with E-state index in [1.54, 1.807) is 6.07 Å². The molecular formula is C18H20N2O6. The molecule has 0 spiro atoms. The summed E-state index contributed by atoms with van der Waals surface area (Å²) in [6.45, 7) is -0.484. The molecule has 2 aliphatic rings. The average Bonchev–Trinajstić information content (AvgIpc) is 3.24. The molecule has 1 aliphatic carbocycles. The van der Waals surface area contributed by atoms with E-state index < -0.39 is 30.2 Å². The van der Waals surface area contributed by atoms with Gasteiger partial charge >= 0.3 is 17.8 Å². The summed E-state index contributed by atoms with van der Waals surface area (Å²) in [5, 5.41) is 0. The minimum Gasteiger partial charge on any atom is -0.493 e. The van der Waals surface area contributed by atoms with Gasteiger partial charge in [0.2, 0.25) is 0 Å². The number of carbonyl (C=O) groups excluding carboxylic acids is 4. The molecule has 0 atom stereocenters. The van der Waals surface area contributed by atoms with Crippen molar-refractivity contribution in [2.45, 2.75) is 31.7 Å². The molecule has 1 saturated heterocycles. The van der Waals surface area contributed by atoms with Crippen molar-refractivity contribution < 1.29 is 28.7 Å². The van der Waals surface area contributed by atoms with Crippen LogP contribution in [0, 0.1) is 0 Å². The Kier molecular flexibility index (Phi) is 4.92. The highest BCUT2D eigenvalue weighted by Gasteiger charge is 2.48. The van der Waals surface area contributed by atoms with Crippen LogP contribution < -0.4 is 9.47 Å². The van der Waals surface area contributed by atoms with Gasteiger partial charge in [0, 0.05) is 11.6 Å². The molecule has 1 aliphatic heterocycles. The largest absolute Gasteiger partial charge is 0.493 e. The first-order valence-electron chi connectivity index (χ1n) is 8.42. The third-order valence-corrected chi connectivity index (χ3v) is 4.78. The fourth-order valence-electron chi connectivity index (χ4n) is 3.39. The number of urea groups is 1. The topological polar surface area (TPSA) is 93.2 Å². The van der Waals surface area contributed by atoms with Crippen LogP contribution in [0.4, 0.5) is 4.79 Å². The lowest BCUT2D eigenvalue weighted by Crippen LogP contribution is -2.41. The fourth-order valence-corrected chi connectivity index (χ4v) is 3.39. The summed E-state index contributed by atoms with van der Waals surface area (Å²) >= 11 is 0. The molecule has 0 bridgehead atoms. The monoisotopic (exact) mass is 360 g/mol. The SMILES string of the molecule is COc1ccc(C(=O)CN2C(=O)C(=O)N(C3CCCC3)C2=O)cc1OC. The standard InChI is InChI=1S/C18H20N2O6/c1-25-14-8-7-11(9-15(14)26-2)13(21)10-19-16(22)17(23)20(18(19)24)12-5-3-4-6-12/h7-9,12H,3-6,10H2,1-2H3. The van der Waals surface area contributed by atoms with E-state index in [4.69, 9.17) is 9.47 Å². The Labute approximate surface area is 150 Å². The highest BCUT2D eigenvalue weighted by Crippen LogP contribution is 2.29. The number of ether oxygens (including phenoxy) is 2. The maximum Gasteiger partial charge on any atom is 0.334 e. The molecule has 0 radical (unpaired) electrons. The lowest BCUT2D eigenvalue weighted by atomic mass is 10.1. The molecule has 1 aromatic carbocycles. The second-order valence-corrected chi connectivity index (χ2v) is 6.28. The van der Waals surface area contributed by atoms with Gasteiger partial charge in [0.25, 0.3) is 0 Å². The van der Waals surface area contributed by atoms with E-state index in [-0.39, 0.29) is 11.6 Å². The number of ketones is 1. The predicted molar refractivity (Wildman–Crippen MR) is 90.1 cm³/mol. The molecule has 1 saturated carbocycles. The van der Waals surface area contributed by atoms with Gasteiger partial charge in [-0.1, -0.05) is 12.8 Å². The molecule has 0 unspecified atom stereocenters. The fraction of sp³-hybridized carbons (Fsp3) is 0.444. The van der Waals surface area contributed by atoms with Crippen LogP contribution in [0.15, 0.2) is 18.2 Å². The lowest BCUT2D eigenvalue weighted by molar-refractivity contribution is -0.143. The molecule has 4 amide bonds. The summed E-state index contributed by atoms with van der Waals surface area (Å²) in [7, 11) is 2.92. The van der Waals surface area contributed by atoms with Crippen molar-refractivity contribution in [1.82, 2.24) is 9.80 Å². The Balaban J connectivity index is 1.77. The molecule has 1 heterocycles. The molecule has 0 N–H and O–H groups in total. The van der Waals surface area contributed by atoms with Crippen molar-refractivity contribution in [3.05, 3.63) is 23.8 Å². The number of hydrogen-bond acceptors (Lipinski definition) is 6. The molecule has 138 valence electrons. The Morgan fingerprint density at radius 2 is 1.69 bits per heavy atom. The highest BCUT2D eigenvalue weighted by atomic mass is 16.5. The van der Waals surface area contributed by atoms with Crippen molar-refractivity contribution in [3.8, 4) is 11.5 Å². The van der Waals surface area contributed by atoms with Gasteiger partial charge in [0.05, 0.1) is 20.8 Å². The van der Waals surface area contributed by atoms with Gasteiger partial charge in [-0.25, -0.2) is 9.69 Å². The maximum absolute atomic E-state index is 12.5. The van der Waals surface area contributed by atoms with Crippen molar-refractivity contribution in [2.24, 2.45) is 0 Å². The van der Waals surface area contributed by atoms with E-state index in [1.807, 2.05) is 0 Å². The van der Waals surface area contributed by atoms with Crippen LogP contribution in [-0.4, -0.2) is 60.2 Å². The first-order valence-corrected chi connectivity index (χ1v) is 8.42. The Morgan fingerprint density at radius 1 is 1.04 bits per heavy atom. The summed E-state index contributed by atoms with van der Waals surface area (Å²) in [6, 6.07) is 3.60. The van der Waals surface area contributed by atoms with E-state index in [1.165, 1.54) is 26.4 Å². The summed E-state index contributed by atoms with van der Waals surface area (Å²) in [6.07, 6.45) is 3.23. The lowest BCUT2D eigenvalue weighted by Gasteiger charge is -2.20. The molecule has 26 heavy (non-hydrogen) atoms. The van der Waals surface area contributed by atoms with Crippen LogP contribution in [0.5, 0.6) is 11.5 Å². The van der Waals surface area contributed by atoms with Crippen molar-refractivity contribution in [3.63, 3.8) is 0 Å². The first-order chi connectivity index (χ1) is 12.5. The Morgan fingerprint density at radius 3 is 2.31 bits per heavy atom. The van der Waals surface area contributed by atoms with Crippen LogP contribution in [-0.2, 0) is 9.59 Å². The smallest absolute Gasteiger partial charge is 0.334 e. The number of Topliss-reactive ketones (excluding diaryl/α,β-unsaturated/α-hetero) is 1. The zero-order chi connectivity index (χ0) is 18.8. The van der Waals surface area contributed by atoms with E-state index in [0.717, 1.165) is 22.6 Å². The number of hydrogen-bond donors (Lipinski definition) is 0. The molecule has 8 heteroatoms. The summed E-state index contributed by atoms with van der Waals surface area (Å²) < 4.78 is 10.3. The molecule has 0 aromatic heterocycles. The number of benzene rings is 1. The van der Waals surface area contributed by atoms with Crippen LogP contribution >= 0.6 is 0 Å². The second-order valence-electron chi connectivity index (χ2n) is 6.28. The van der Waals surface area contributed by atoms with Gasteiger partial charge in [-0.2, -0.15) is 0 Å². The zero-order valence-electron chi connectivity index (χ0n) is 14.7. The van der Waals surface area contributed by atoms with Crippen LogP contribution in [0.2, 0.25) is 0 Å². The van der Waals surface area contributed by atoms with Gasteiger partial charge in [-0.15, -0.1) is 0 Å². The predicted octanol–water partition coefficient (Wildman–Crippen LogP) is 1.62. The summed E-state index contributed by atoms with van der Waals surface area (Å²) in [4.78, 5) is 51.1. The summed E-state index contributed by atoms with van der Waals surface area (Å²) in [5.41, 5.74) is 0.259. The van der Waals surface area contributed by atoms with Crippen molar-refractivity contribution in [2.75, 3.05) is 20.8 Å². The van der Waals surface area contributed by atoms with Gasteiger partial charge in [0.15, 0.2) is 17.3 Å². The number of nitrogens with zero attached hydrogens (tertiary/aromatic N) is 2. The minimum atomic E-state index is -0.948. The van der Waals surface area contributed by atoms with E-state index in [2.05, 4.69) is 0 Å².